The maximum Gasteiger partial charge on any atom is 0.262 e. The van der Waals surface area contributed by atoms with Crippen molar-refractivity contribution in [1.29, 1.82) is 0 Å². The molecule has 0 radical (unpaired) electrons. The van der Waals surface area contributed by atoms with Gasteiger partial charge in [-0.25, -0.2) is 4.39 Å². The van der Waals surface area contributed by atoms with Crippen LogP contribution in [-0.4, -0.2) is 32.4 Å². The minimum Gasteiger partial charge on any atom is -0.395 e. The molecule has 4 rings (SSSR count). The SMILES string of the molecule is CC1(C)O[C@H]2[C@@H](C=C(F)[C@@H]2O[Si](c2ccccc2)(c2ccccc2)C(C)(C)C)O1. The highest BCUT2D eigenvalue weighted by molar-refractivity contribution is 6.99. The molecule has 0 aromatic heterocycles. The molecule has 1 saturated heterocycles. The van der Waals surface area contributed by atoms with Gasteiger partial charge in [0.25, 0.3) is 8.32 Å². The van der Waals surface area contributed by atoms with Crippen LogP contribution in [0.5, 0.6) is 0 Å². The van der Waals surface area contributed by atoms with Crippen molar-refractivity contribution in [3.63, 3.8) is 0 Å². The number of hydrogen-bond donors (Lipinski definition) is 0. The second-order valence-electron chi connectivity index (χ2n) is 9.32. The van der Waals surface area contributed by atoms with Crippen molar-refractivity contribution in [2.45, 2.75) is 63.8 Å². The van der Waals surface area contributed by atoms with Crippen molar-refractivity contribution in [2.24, 2.45) is 0 Å². The van der Waals surface area contributed by atoms with Crippen LogP contribution in [0.1, 0.15) is 34.6 Å². The molecule has 2 aliphatic rings. The number of ether oxygens (including phenoxy) is 2. The minimum absolute atomic E-state index is 0.233. The van der Waals surface area contributed by atoms with Gasteiger partial charge in [-0.15, -0.1) is 0 Å². The molecule has 2 aromatic carbocycles. The Bertz CT molecular complexity index is 850. The molecule has 3 atom stereocenters. The predicted octanol–water partition coefficient (Wildman–Crippen LogP) is 4.32. The molecule has 0 saturated carbocycles. The molecular weight excluding hydrogens is 383 g/mol. The number of benzene rings is 2. The normalized spacial score (nSPS) is 26.3. The van der Waals surface area contributed by atoms with E-state index in [1.165, 1.54) is 6.08 Å². The Hall–Kier alpha value is -1.79. The molecule has 1 aliphatic heterocycles. The summed E-state index contributed by atoms with van der Waals surface area (Å²) in [5.74, 6) is -1.05. The summed E-state index contributed by atoms with van der Waals surface area (Å²) >= 11 is 0. The van der Waals surface area contributed by atoms with Crippen LogP contribution in [0.15, 0.2) is 72.6 Å². The number of fused-ring (bicyclic) bond motifs is 1. The van der Waals surface area contributed by atoms with Crippen molar-refractivity contribution in [2.75, 3.05) is 0 Å². The van der Waals surface area contributed by atoms with E-state index in [4.69, 9.17) is 13.9 Å². The maximum absolute atomic E-state index is 15.1. The van der Waals surface area contributed by atoms with Crippen LogP contribution in [0.25, 0.3) is 0 Å². The van der Waals surface area contributed by atoms with E-state index in [1.54, 1.807) is 0 Å². The van der Waals surface area contributed by atoms with Crippen LogP contribution in [-0.2, 0) is 13.9 Å². The lowest BCUT2D eigenvalue weighted by molar-refractivity contribution is -0.153. The van der Waals surface area contributed by atoms with Gasteiger partial charge in [-0.2, -0.15) is 0 Å². The summed E-state index contributed by atoms with van der Waals surface area (Å²) in [5, 5.41) is 2.00. The molecule has 1 heterocycles. The summed E-state index contributed by atoms with van der Waals surface area (Å²) in [6, 6.07) is 20.5. The van der Waals surface area contributed by atoms with Crippen molar-refractivity contribution >= 4 is 18.7 Å². The van der Waals surface area contributed by atoms with E-state index < -0.39 is 32.4 Å². The molecule has 1 aliphatic carbocycles. The zero-order valence-electron chi connectivity index (χ0n) is 17.7. The van der Waals surface area contributed by atoms with E-state index >= 15 is 4.39 Å². The molecule has 0 N–H and O–H groups in total. The summed E-state index contributed by atoms with van der Waals surface area (Å²) in [6.45, 7) is 10.3. The van der Waals surface area contributed by atoms with Crippen LogP contribution in [0.2, 0.25) is 5.04 Å². The zero-order valence-corrected chi connectivity index (χ0v) is 18.7. The van der Waals surface area contributed by atoms with Crippen molar-refractivity contribution < 1.29 is 18.3 Å². The Labute approximate surface area is 173 Å². The van der Waals surface area contributed by atoms with Gasteiger partial charge in [0.15, 0.2) is 5.79 Å². The smallest absolute Gasteiger partial charge is 0.262 e. The van der Waals surface area contributed by atoms with Gasteiger partial charge in [-0.1, -0.05) is 81.4 Å². The van der Waals surface area contributed by atoms with Crippen LogP contribution in [0.4, 0.5) is 4.39 Å². The summed E-state index contributed by atoms with van der Waals surface area (Å²) in [7, 11) is -2.88. The molecule has 0 bridgehead atoms. The molecular formula is C24H29FO3Si. The summed E-state index contributed by atoms with van der Waals surface area (Å²) in [4.78, 5) is 0. The lowest BCUT2D eigenvalue weighted by Gasteiger charge is -2.45. The Kier molecular flexibility index (Phi) is 5.06. The first kappa shape index (κ1) is 20.5. The molecule has 1 fully saturated rings. The maximum atomic E-state index is 15.1. The summed E-state index contributed by atoms with van der Waals surface area (Å²) in [5.41, 5.74) is 0. The topological polar surface area (TPSA) is 27.7 Å². The van der Waals surface area contributed by atoms with Gasteiger partial charge in [0, 0.05) is 0 Å². The highest BCUT2D eigenvalue weighted by Gasteiger charge is 2.57. The zero-order chi connectivity index (χ0) is 20.9. The van der Waals surface area contributed by atoms with Gasteiger partial charge in [-0.3, -0.25) is 0 Å². The van der Waals surface area contributed by atoms with Gasteiger partial charge in [0.1, 0.15) is 24.1 Å². The second-order valence-corrected chi connectivity index (χ2v) is 13.6. The largest absolute Gasteiger partial charge is 0.395 e. The fourth-order valence-corrected chi connectivity index (χ4v) is 9.24. The lowest BCUT2D eigenvalue weighted by Crippen LogP contribution is -2.68. The average molecular weight is 413 g/mol. The first-order valence-electron chi connectivity index (χ1n) is 10.2. The fourth-order valence-electron chi connectivity index (χ4n) is 4.59. The number of rotatable bonds is 4. The first-order valence-corrected chi connectivity index (χ1v) is 12.1. The fraction of sp³-hybridized carbons (Fsp3) is 0.417. The third-order valence-electron chi connectivity index (χ3n) is 5.78. The van der Waals surface area contributed by atoms with Crippen molar-refractivity contribution in [3.8, 4) is 0 Å². The standard InChI is InChI=1S/C24H29FO3Si/c1-23(2,3)29(17-12-8-6-9-13-17,18-14-10-7-11-15-18)28-21-19(25)16-20-22(21)27-24(4,5)26-20/h6-16,20-22H,1-5H3/t20-,21+,22+/m1/s1. The Morgan fingerprint density at radius 1 is 0.897 bits per heavy atom. The molecule has 0 amide bonds. The van der Waals surface area contributed by atoms with E-state index in [0.717, 1.165) is 10.4 Å². The summed E-state index contributed by atoms with van der Waals surface area (Å²) < 4.78 is 34.0. The number of hydrogen-bond acceptors (Lipinski definition) is 3. The van der Waals surface area contributed by atoms with Crippen LogP contribution >= 0.6 is 0 Å². The predicted molar refractivity (Wildman–Crippen MR) is 116 cm³/mol. The van der Waals surface area contributed by atoms with E-state index in [1.807, 2.05) is 50.2 Å². The van der Waals surface area contributed by atoms with Crippen LogP contribution in [0.3, 0.4) is 0 Å². The minimum atomic E-state index is -2.88. The molecule has 3 nitrogen and oxygen atoms in total. The molecule has 2 aromatic rings. The van der Waals surface area contributed by atoms with E-state index in [2.05, 4.69) is 45.0 Å². The molecule has 0 unspecified atom stereocenters. The van der Waals surface area contributed by atoms with E-state index in [9.17, 15) is 0 Å². The quantitative estimate of drug-likeness (QED) is 0.700. The Morgan fingerprint density at radius 2 is 1.41 bits per heavy atom. The van der Waals surface area contributed by atoms with Gasteiger partial charge < -0.3 is 13.9 Å². The highest BCUT2D eigenvalue weighted by Crippen LogP contribution is 2.44. The van der Waals surface area contributed by atoms with Gasteiger partial charge in [0.05, 0.1) is 0 Å². The Balaban J connectivity index is 1.85. The van der Waals surface area contributed by atoms with Gasteiger partial charge in [0.2, 0.25) is 0 Å². The van der Waals surface area contributed by atoms with Crippen molar-refractivity contribution in [1.82, 2.24) is 0 Å². The monoisotopic (exact) mass is 412 g/mol. The van der Waals surface area contributed by atoms with Gasteiger partial charge in [-0.05, 0) is 35.3 Å². The lowest BCUT2D eigenvalue weighted by atomic mass is 10.2. The molecule has 154 valence electrons. The second kappa shape index (κ2) is 7.17. The van der Waals surface area contributed by atoms with Crippen LogP contribution < -0.4 is 10.4 Å². The van der Waals surface area contributed by atoms with Gasteiger partial charge >= 0.3 is 0 Å². The van der Waals surface area contributed by atoms with Crippen molar-refractivity contribution in [3.05, 3.63) is 72.6 Å². The summed E-state index contributed by atoms with van der Waals surface area (Å²) in [6.07, 6.45) is -0.171. The van der Waals surface area contributed by atoms with E-state index in [-0.39, 0.29) is 10.9 Å². The average Bonchev–Trinajstić information content (AvgIpc) is 3.10. The highest BCUT2D eigenvalue weighted by atomic mass is 28.4. The Morgan fingerprint density at radius 3 is 1.90 bits per heavy atom. The van der Waals surface area contributed by atoms with E-state index in [0.29, 0.717) is 0 Å². The third-order valence-corrected chi connectivity index (χ3v) is 10.8. The van der Waals surface area contributed by atoms with Crippen LogP contribution in [0, 0.1) is 0 Å². The number of halogens is 1. The molecule has 29 heavy (non-hydrogen) atoms. The third kappa shape index (κ3) is 3.50. The molecule has 5 heteroatoms. The molecule has 0 spiro atoms. The first-order chi connectivity index (χ1) is 13.6.